The molecule has 0 aliphatic heterocycles. The molecular weight excluding hydrogens is 152 g/mol. The molecule has 0 saturated heterocycles. The third-order valence-electron chi connectivity index (χ3n) is 1.32. The van der Waals surface area contributed by atoms with Gasteiger partial charge in [0.05, 0.1) is 6.61 Å². The number of unbranched alkanes of at least 4 members (excludes halogenated alkanes) is 1. The first-order valence-electron chi connectivity index (χ1n) is 4.38. The van der Waals surface area contributed by atoms with Gasteiger partial charge >= 0.3 is 0 Å². The zero-order chi connectivity index (χ0) is 9.23. The highest BCUT2D eigenvalue weighted by molar-refractivity contribution is 4.81. The van der Waals surface area contributed by atoms with Crippen molar-refractivity contribution < 1.29 is 9.47 Å². The van der Waals surface area contributed by atoms with Gasteiger partial charge in [-0.2, -0.15) is 0 Å². The van der Waals surface area contributed by atoms with Gasteiger partial charge in [0.1, 0.15) is 6.61 Å². The van der Waals surface area contributed by atoms with E-state index in [4.69, 9.17) is 9.47 Å². The fourth-order valence-corrected chi connectivity index (χ4v) is 0.666. The normalized spacial score (nSPS) is 11.0. The van der Waals surface area contributed by atoms with Crippen LogP contribution in [0.3, 0.4) is 0 Å². The molecule has 0 spiro atoms. The molecule has 70 valence electrons. The molecule has 0 saturated carbocycles. The molecule has 0 aliphatic rings. The van der Waals surface area contributed by atoms with Gasteiger partial charge in [-0.3, -0.25) is 0 Å². The van der Waals surface area contributed by atoms with Gasteiger partial charge in [0, 0.05) is 0 Å². The van der Waals surface area contributed by atoms with Crippen LogP contribution in [0.25, 0.3) is 0 Å². The van der Waals surface area contributed by atoms with Crippen LogP contribution >= 0.6 is 0 Å². The minimum Gasteiger partial charge on any atom is -0.466 e. The number of hydrogen-bond acceptors (Lipinski definition) is 2. The molecule has 0 unspecified atom stereocenters. The van der Waals surface area contributed by atoms with Crippen LogP contribution in [-0.4, -0.2) is 13.2 Å². The lowest BCUT2D eigenvalue weighted by Crippen LogP contribution is -1.99. The van der Waals surface area contributed by atoms with Crippen LogP contribution in [0, 0.1) is 0 Å². The van der Waals surface area contributed by atoms with Crippen LogP contribution < -0.4 is 0 Å². The fourth-order valence-electron chi connectivity index (χ4n) is 0.666. The van der Waals surface area contributed by atoms with E-state index in [1.807, 2.05) is 13.0 Å². The van der Waals surface area contributed by atoms with Crippen molar-refractivity contribution in [2.24, 2.45) is 0 Å². The van der Waals surface area contributed by atoms with Gasteiger partial charge in [0.25, 0.3) is 5.95 Å². The second-order valence-electron chi connectivity index (χ2n) is 2.41. The predicted octanol–water partition coefficient (Wildman–Crippen LogP) is 2.87. The Morgan fingerprint density at radius 3 is 2.67 bits per heavy atom. The van der Waals surface area contributed by atoms with Gasteiger partial charge in [0.2, 0.25) is 0 Å². The fraction of sp³-hybridized carbons (Fsp3) is 0.600. The Hall–Kier alpha value is -0.920. The van der Waals surface area contributed by atoms with Gasteiger partial charge < -0.3 is 9.47 Å². The lowest BCUT2D eigenvalue weighted by Gasteiger charge is -2.09. The Labute approximate surface area is 74.9 Å². The molecule has 12 heavy (non-hydrogen) atoms. The maximum Gasteiger partial charge on any atom is 0.274 e. The van der Waals surface area contributed by atoms with Crippen LogP contribution in [0.2, 0.25) is 0 Å². The third kappa shape index (κ3) is 5.83. The molecule has 0 heterocycles. The van der Waals surface area contributed by atoms with E-state index in [1.165, 1.54) is 0 Å². The quantitative estimate of drug-likeness (QED) is 0.332. The minimum absolute atomic E-state index is 0.506. The summed E-state index contributed by atoms with van der Waals surface area (Å²) in [4.78, 5) is 0. The molecule has 0 aromatic rings. The molecule has 0 radical (unpaired) electrons. The highest BCUT2D eigenvalue weighted by Gasteiger charge is 1.94. The smallest absolute Gasteiger partial charge is 0.274 e. The Bertz CT molecular complexity index is 139. The number of rotatable bonds is 7. The van der Waals surface area contributed by atoms with E-state index >= 15 is 0 Å². The predicted molar refractivity (Wildman–Crippen MR) is 50.8 cm³/mol. The average molecular weight is 170 g/mol. The van der Waals surface area contributed by atoms with Gasteiger partial charge in [0.15, 0.2) is 0 Å². The summed E-state index contributed by atoms with van der Waals surface area (Å²) in [6.07, 6.45) is 5.72. The maximum absolute atomic E-state index is 5.32. The number of ether oxygens (including phenoxy) is 2. The second kappa shape index (κ2) is 8.18. The molecule has 0 aromatic heterocycles. The molecular formula is C10H18O2. The Kier molecular flexibility index (Phi) is 7.55. The average Bonchev–Trinajstić information content (AvgIpc) is 2.11. The van der Waals surface area contributed by atoms with E-state index in [9.17, 15) is 0 Å². The van der Waals surface area contributed by atoms with Gasteiger partial charge in [-0.1, -0.05) is 26.0 Å². The minimum atomic E-state index is 0.506. The summed E-state index contributed by atoms with van der Waals surface area (Å²) in [5.74, 6) is 0.600. The Morgan fingerprint density at radius 2 is 2.17 bits per heavy atom. The van der Waals surface area contributed by atoms with E-state index in [-0.39, 0.29) is 0 Å². The van der Waals surface area contributed by atoms with E-state index in [2.05, 4.69) is 13.5 Å². The van der Waals surface area contributed by atoms with Crippen LogP contribution in [0.1, 0.15) is 26.7 Å². The van der Waals surface area contributed by atoms with E-state index in [0.717, 1.165) is 19.4 Å². The summed E-state index contributed by atoms with van der Waals surface area (Å²) in [5, 5.41) is 0. The molecule has 2 nitrogen and oxygen atoms in total. The molecule has 0 aromatic carbocycles. The summed E-state index contributed by atoms with van der Waals surface area (Å²) in [7, 11) is 0. The highest BCUT2D eigenvalue weighted by atomic mass is 16.7. The van der Waals surface area contributed by atoms with Crippen molar-refractivity contribution in [2.75, 3.05) is 13.2 Å². The molecule has 0 atom stereocenters. The molecule has 0 aliphatic carbocycles. The first-order chi connectivity index (χ1) is 5.85. The Balaban J connectivity index is 3.47. The van der Waals surface area contributed by atoms with Crippen LogP contribution in [0.5, 0.6) is 0 Å². The Morgan fingerprint density at radius 1 is 1.42 bits per heavy atom. The third-order valence-corrected chi connectivity index (χ3v) is 1.32. The molecule has 0 rings (SSSR count). The maximum atomic E-state index is 5.32. The molecule has 0 bridgehead atoms. The van der Waals surface area contributed by atoms with Crippen LogP contribution in [0.4, 0.5) is 0 Å². The molecule has 0 amide bonds. The van der Waals surface area contributed by atoms with Crippen LogP contribution in [0.15, 0.2) is 24.7 Å². The molecule has 0 N–H and O–H groups in total. The lowest BCUT2D eigenvalue weighted by atomic mass is 10.4. The van der Waals surface area contributed by atoms with E-state index in [1.54, 1.807) is 6.08 Å². The standard InChI is InChI=1S/C10H18O2/c1-4-7-9-12-10(6-3)11-8-5-2/h5-6H,2,4,7-9H2,1,3H3. The van der Waals surface area contributed by atoms with E-state index < -0.39 is 0 Å². The van der Waals surface area contributed by atoms with Gasteiger partial charge in [-0.15, -0.1) is 0 Å². The largest absolute Gasteiger partial charge is 0.466 e. The second-order valence-corrected chi connectivity index (χ2v) is 2.41. The monoisotopic (exact) mass is 170 g/mol. The first kappa shape index (κ1) is 11.1. The SMILES string of the molecule is C=CCOC(=CC)OCCCC. The number of allylic oxidation sites excluding steroid dienone is 1. The van der Waals surface area contributed by atoms with Gasteiger partial charge in [-0.05, 0) is 19.4 Å². The van der Waals surface area contributed by atoms with Crippen molar-refractivity contribution in [2.45, 2.75) is 26.7 Å². The summed E-state index contributed by atoms with van der Waals surface area (Å²) < 4.78 is 10.5. The zero-order valence-electron chi connectivity index (χ0n) is 8.01. The van der Waals surface area contributed by atoms with Crippen molar-refractivity contribution in [3.8, 4) is 0 Å². The molecule has 2 heteroatoms. The number of hydrogen-bond donors (Lipinski definition) is 0. The van der Waals surface area contributed by atoms with Crippen molar-refractivity contribution in [3.63, 3.8) is 0 Å². The van der Waals surface area contributed by atoms with Crippen LogP contribution in [-0.2, 0) is 9.47 Å². The lowest BCUT2D eigenvalue weighted by molar-refractivity contribution is 0.0454. The first-order valence-corrected chi connectivity index (χ1v) is 4.38. The van der Waals surface area contributed by atoms with Crippen molar-refractivity contribution >= 4 is 0 Å². The van der Waals surface area contributed by atoms with Crippen molar-refractivity contribution in [1.29, 1.82) is 0 Å². The summed E-state index contributed by atoms with van der Waals surface area (Å²) >= 11 is 0. The zero-order valence-corrected chi connectivity index (χ0v) is 8.01. The van der Waals surface area contributed by atoms with Gasteiger partial charge in [-0.25, -0.2) is 0 Å². The van der Waals surface area contributed by atoms with E-state index in [0.29, 0.717) is 12.6 Å². The topological polar surface area (TPSA) is 18.5 Å². The van der Waals surface area contributed by atoms with Crippen molar-refractivity contribution in [3.05, 3.63) is 24.7 Å². The summed E-state index contributed by atoms with van der Waals surface area (Å²) in [5.41, 5.74) is 0. The molecule has 0 fully saturated rings. The van der Waals surface area contributed by atoms with Crippen molar-refractivity contribution in [1.82, 2.24) is 0 Å². The summed E-state index contributed by atoms with van der Waals surface area (Å²) in [6, 6.07) is 0. The highest BCUT2D eigenvalue weighted by Crippen LogP contribution is 2.01. The summed E-state index contributed by atoms with van der Waals surface area (Å²) in [6.45, 7) is 8.81.